The first-order valence-electron chi connectivity index (χ1n) is 5.20. The van der Waals surface area contributed by atoms with Gasteiger partial charge in [0.1, 0.15) is 5.75 Å². The maximum Gasteiger partial charge on any atom is 0.252 e. The molecule has 1 saturated carbocycles. The Morgan fingerprint density at radius 2 is 2.27 bits per heavy atom. The lowest BCUT2D eigenvalue weighted by Crippen LogP contribution is -2.13. The third-order valence-corrected chi connectivity index (χ3v) is 2.57. The molecule has 0 radical (unpaired) electrons. The minimum atomic E-state index is -0.430. The molecule has 0 aliphatic heterocycles. The van der Waals surface area contributed by atoms with Gasteiger partial charge in [-0.25, -0.2) is 0 Å². The summed E-state index contributed by atoms with van der Waals surface area (Å²) in [5.74, 6) is 0.862. The molecule has 1 amide bonds. The molecule has 1 aliphatic rings. The highest BCUT2D eigenvalue weighted by Crippen LogP contribution is 2.30. The normalized spacial score (nSPS) is 15.0. The van der Waals surface area contributed by atoms with E-state index in [4.69, 9.17) is 10.5 Å². The van der Waals surface area contributed by atoms with Crippen LogP contribution in [0.25, 0.3) is 0 Å². The molecular weight excluding hydrogens is 190 g/mol. The van der Waals surface area contributed by atoms with E-state index in [0.29, 0.717) is 23.8 Å². The standard InChI is InChI=1S/C12H15NO2/c1-8-2-5-10(12(13)14)11(6-8)15-7-9-3-4-9/h2,5-6,9H,3-4,7H2,1H3,(H2,13,14). The monoisotopic (exact) mass is 205 g/mol. The van der Waals surface area contributed by atoms with E-state index >= 15 is 0 Å². The highest BCUT2D eigenvalue weighted by molar-refractivity contribution is 5.95. The van der Waals surface area contributed by atoms with E-state index in [0.717, 1.165) is 5.56 Å². The fraction of sp³-hybridized carbons (Fsp3) is 0.417. The Hall–Kier alpha value is -1.51. The van der Waals surface area contributed by atoms with Gasteiger partial charge in [-0.2, -0.15) is 0 Å². The van der Waals surface area contributed by atoms with Crippen LogP contribution >= 0.6 is 0 Å². The van der Waals surface area contributed by atoms with Gasteiger partial charge in [-0.15, -0.1) is 0 Å². The molecule has 0 heterocycles. The van der Waals surface area contributed by atoms with Crippen LogP contribution in [0.1, 0.15) is 28.8 Å². The van der Waals surface area contributed by atoms with Crippen LogP contribution < -0.4 is 10.5 Å². The van der Waals surface area contributed by atoms with Crippen LogP contribution in [-0.4, -0.2) is 12.5 Å². The molecule has 1 aromatic rings. The zero-order chi connectivity index (χ0) is 10.8. The fourth-order valence-electron chi connectivity index (χ4n) is 1.44. The highest BCUT2D eigenvalue weighted by Gasteiger charge is 2.22. The fourth-order valence-corrected chi connectivity index (χ4v) is 1.44. The molecule has 1 aromatic carbocycles. The van der Waals surface area contributed by atoms with Crippen molar-refractivity contribution in [2.75, 3.05) is 6.61 Å². The van der Waals surface area contributed by atoms with Gasteiger partial charge >= 0.3 is 0 Å². The molecule has 2 rings (SSSR count). The molecular formula is C12H15NO2. The van der Waals surface area contributed by atoms with E-state index in [-0.39, 0.29) is 0 Å². The Kier molecular flexibility index (Phi) is 2.62. The number of hydrogen-bond acceptors (Lipinski definition) is 2. The van der Waals surface area contributed by atoms with Crippen molar-refractivity contribution in [3.8, 4) is 5.75 Å². The van der Waals surface area contributed by atoms with E-state index in [1.165, 1.54) is 12.8 Å². The third-order valence-electron chi connectivity index (χ3n) is 2.57. The van der Waals surface area contributed by atoms with Gasteiger partial charge in [0, 0.05) is 0 Å². The number of ether oxygens (including phenoxy) is 1. The molecule has 0 atom stereocenters. The summed E-state index contributed by atoms with van der Waals surface area (Å²) >= 11 is 0. The van der Waals surface area contributed by atoms with Crippen molar-refractivity contribution in [1.29, 1.82) is 0 Å². The van der Waals surface area contributed by atoms with Crippen LogP contribution in [0.5, 0.6) is 5.75 Å². The summed E-state index contributed by atoms with van der Waals surface area (Å²) in [6.07, 6.45) is 2.47. The van der Waals surface area contributed by atoms with Gasteiger partial charge in [-0.05, 0) is 43.4 Å². The average molecular weight is 205 g/mol. The smallest absolute Gasteiger partial charge is 0.252 e. The highest BCUT2D eigenvalue weighted by atomic mass is 16.5. The Labute approximate surface area is 89.2 Å². The zero-order valence-corrected chi connectivity index (χ0v) is 8.82. The van der Waals surface area contributed by atoms with Crippen LogP contribution in [0.3, 0.4) is 0 Å². The predicted octanol–water partition coefficient (Wildman–Crippen LogP) is 1.88. The Bertz CT molecular complexity index is 383. The minimum Gasteiger partial charge on any atom is -0.492 e. The minimum absolute atomic E-state index is 0.430. The van der Waals surface area contributed by atoms with Gasteiger partial charge in [0.05, 0.1) is 12.2 Å². The van der Waals surface area contributed by atoms with Crippen LogP contribution in [0.15, 0.2) is 18.2 Å². The number of carbonyl (C=O) groups is 1. The number of amides is 1. The number of carbonyl (C=O) groups excluding carboxylic acids is 1. The summed E-state index contributed by atoms with van der Waals surface area (Å²) in [5.41, 5.74) is 6.82. The SMILES string of the molecule is Cc1ccc(C(N)=O)c(OCC2CC2)c1. The first-order chi connectivity index (χ1) is 7.16. The van der Waals surface area contributed by atoms with E-state index in [9.17, 15) is 4.79 Å². The van der Waals surface area contributed by atoms with E-state index in [2.05, 4.69) is 0 Å². The second kappa shape index (κ2) is 3.93. The second-order valence-corrected chi connectivity index (χ2v) is 4.12. The topological polar surface area (TPSA) is 52.3 Å². The van der Waals surface area contributed by atoms with Crippen LogP contribution in [-0.2, 0) is 0 Å². The maximum atomic E-state index is 11.1. The van der Waals surface area contributed by atoms with Crippen molar-refractivity contribution in [2.45, 2.75) is 19.8 Å². The molecule has 15 heavy (non-hydrogen) atoms. The van der Waals surface area contributed by atoms with E-state index in [1.54, 1.807) is 6.07 Å². The summed E-state index contributed by atoms with van der Waals surface area (Å²) < 4.78 is 5.60. The van der Waals surface area contributed by atoms with Crippen molar-refractivity contribution in [3.63, 3.8) is 0 Å². The van der Waals surface area contributed by atoms with Crippen LogP contribution in [0.2, 0.25) is 0 Å². The predicted molar refractivity (Wildman–Crippen MR) is 57.9 cm³/mol. The lowest BCUT2D eigenvalue weighted by atomic mass is 10.1. The number of nitrogens with two attached hydrogens (primary N) is 1. The number of hydrogen-bond donors (Lipinski definition) is 1. The molecule has 0 unspecified atom stereocenters. The largest absolute Gasteiger partial charge is 0.492 e. The zero-order valence-electron chi connectivity index (χ0n) is 8.82. The molecule has 80 valence electrons. The molecule has 0 aromatic heterocycles. The molecule has 3 nitrogen and oxygen atoms in total. The third kappa shape index (κ3) is 2.49. The number of primary amides is 1. The Balaban J connectivity index is 2.16. The number of aryl methyl sites for hydroxylation is 1. The molecule has 0 bridgehead atoms. The molecule has 0 saturated heterocycles. The summed E-state index contributed by atoms with van der Waals surface area (Å²) in [4.78, 5) is 11.1. The second-order valence-electron chi connectivity index (χ2n) is 4.12. The molecule has 1 aliphatic carbocycles. The van der Waals surface area contributed by atoms with Crippen molar-refractivity contribution < 1.29 is 9.53 Å². The van der Waals surface area contributed by atoms with Gasteiger partial charge in [-0.3, -0.25) is 4.79 Å². The molecule has 1 fully saturated rings. The summed E-state index contributed by atoms with van der Waals surface area (Å²) in [7, 11) is 0. The molecule has 0 spiro atoms. The number of benzene rings is 1. The Morgan fingerprint density at radius 3 is 2.87 bits per heavy atom. The molecule has 2 N–H and O–H groups in total. The first-order valence-corrected chi connectivity index (χ1v) is 5.20. The summed E-state index contributed by atoms with van der Waals surface area (Å²) in [6, 6.07) is 5.45. The lowest BCUT2D eigenvalue weighted by Gasteiger charge is -2.09. The van der Waals surface area contributed by atoms with E-state index in [1.807, 2.05) is 19.1 Å². The molecule has 3 heteroatoms. The van der Waals surface area contributed by atoms with Crippen molar-refractivity contribution >= 4 is 5.91 Å². The maximum absolute atomic E-state index is 11.1. The van der Waals surface area contributed by atoms with E-state index < -0.39 is 5.91 Å². The quantitative estimate of drug-likeness (QED) is 0.816. The van der Waals surface area contributed by atoms with Crippen molar-refractivity contribution in [2.24, 2.45) is 11.7 Å². The summed E-state index contributed by atoms with van der Waals surface area (Å²) in [6.45, 7) is 2.67. The first kappa shape index (κ1) is 10.0. The summed E-state index contributed by atoms with van der Waals surface area (Å²) in [5, 5.41) is 0. The van der Waals surface area contributed by atoms with Gasteiger partial charge in [0.15, 0.2) is 0 Å². The van der Waals surface area contributed by atoms with Crippen molar-refractivity contribution in [3.05, 3.63) is 29.3 Å². The number of rotatable bonds is 4. The van der Waals surface area contributed by atoms with Gasteiger partial charge in [-0.1, -0.05) is 6.07 Å². The van der Waals surface area contributed by atoms with Gasteiger partial charge < -0.3 is 10.5 Å². The average Bonchev–Trinajstić information content (AvgIpc) is 2.97. The Morgan fingerprint density at radius 1 is 1.53 bits per heavy atom. The van der Waals surface area contributed by atoms with Crippen LogP contribution in [0.4, 0.5) is 0 Å². The lowest BCUT2D eigenvalue weighted by molar-refractivity contribution is 0.0996. The van der Waals surface area contributed by atoms with Crippen LogP contribution in [0, 0.1) is 12.8 Å². The van der Waals surface area contributed by atoms with Gasteiger partial charge in [0.25, 0.3) is 5.91 Å². The van der Waals surface area contributed by atoms with Crippen molar-refractivity contribution in [1.82, 2.24) is 0 Å². The van der Waals surface area contributed by atoms with Gasteiger partial charge in [0.2, 0.25) is 0 Å².